The monoisotopic (exact) mass is 264 g/mol. The molecule has 1 heterocycles. The summed E-state index contributed by atoms with van der Waals surface area (Å²) in [7, 11) is 0. The smallest absolute Gasteiger partial charge is 0.240 e. The van der Waals surface area contributed by atoms with Crippen molar-refractivity contribution >= 4 is 12.1 Å². The molecule has 0 spiro atoms. The minimum atomic E-state index is -0.640. The van der Waals surface area contributed by atoms with Crippen LogP contribution in [0.1, 0.15) is 50.0 Å². The van der Waals surface area contributed by atoms with Crippen LogP contribution in [0.2, 0.25) is 0 Å². The van der Waals surface area contributed by atoms with E-state index in [1.165, 1.54) is 6.21 Å². The van der Waals surface area contributed by atoms with Gasteiger partial charge in [-0.15, -0.1) is 0 Å². The zero-order valence-corrected chi connectivity index (χ0v) is 11.2. The van der Waals surface area contributed by atoms with Gasteiger partial charge in [0.2, 0.25) is 5.91 Å². The second kappa shape index (κ2) is 6.02. The molecule has 5 nitrogen and oxygen atoms in total. The topological polar surface area (TPSA) is 74.8 Å². The van der Waals surface area contributed by atoms with Crippen LogP contribution in [0.4, 0.5) is 0 Å². The van der Waals surface area contributed by atoms with Crippen molar-refractivity contribution in [1.29, 1.82) is 0 Å². The summed E-state index contributed by atoms with van der Waals surface area (Å²) in [4.78, 5) is 11.6. The number of nitrogens with zero attached hydrogens (tertiary/aromatic N) is 1. The van der Waals surface area contributed by atoms with E-state index >= 15 is 0 Å². The Morgan fingerprint density at radius 1 is 1.53 bits per heavy atom. The van der Waals surface area contributed by atoms with Crippen molar-refractivity contribution in [2.24, 2.45) is 5.10 Å². The molecule has 104 valence electrons. The molecule has 0 aliphatic heterocycles. The number of aryl methyl sites for hydroxylation is 1. The van der Waals surface area contributed by atoms with E-state index in [0.717, 1.165) is 31.4 Å². The minimum Gasteiger partial charge on any atom is -0.460 e. The van der Waals surface area contributed by atoms with E-state index in [2.05, 4.69) is 10.5 Å². The van der Waals surface area contributed by atoms with Crippen LogP contribution >= 0.6 is 0 Å². The lowest BCUT2D eigenvalue weighted by Gasteiger charge is -2.20. The lowest BCUT2D eigenvalue weighted by molar-refractivity contribution is -0.122. The van der Waals surface area contributed by atoms with E-state index < -0.39 is 5.60 Å². The Morgan fingerprint density at radius 2 is 2.26 bits per heavy atom. The van der Waals surface area contributed by atoms with Crippen molar-refractivity contribution in [2.75, 3.05) is 0 Å². The van der Waals surface area contributed by atoms with Crippen LogP contribution in [-0.2, 0) is 4.79 Å². The number of furan rings is 1. The van der Waals surface area contributed by atoms with Crippen LogP contribution < -0.4 is 5.43 Å². The summed E-state index contributed by atoms with van der Waals surface area (Å²) >= 11 is 0. The second-order valence-electron chi connectivity index (χ2n) is 5.17. The summed E-state index contributed by atoms with van der Waals surface area (Å²) in [6.07, 6.45) is 5.97. The quantitative estimate of drug-likeness (QED) is 0.632. The first-order valence-corrected chi connectivity index (χ1v) is 6.68. The van der Waals surface area contributed by atoms with Crippen molar-refractivity contribution in [3.05, 3.63) is 23.7 Å². The normalized spacial score (nSPS) is 18.0. The van der Waals surface area contributed by atoms with Crippen molar-refractivity contribution in [1.82, 2.24) is 5.43 Å². The van der Waals surface area contributed by atoms with Crippen LogP contribution in [0.5, 0.6) is 0 Å². The highest BCUT2D eigenvalue weighted by atomic mass is 16.3. The summed E-state index contributed by atoms with van der Waals surface area (Å²) in [6.45, 7) is 1.85. The first kappa shape index (κ1) is 13.8. The molecular weight excluding hydrogens is 244 g/mol. The molecule has 1 aliphatic carbocycles. The number of hydrazone groups is 1. The summed E-state index contributed by atoms with van der Waals surface area (Å²) in [5.41, 5.74) is 1.80. The molecule has 1 aromatic rings. The summed E-state index contributed by atoms with van der Waals surface area (Å²) in [5.74, 6) is 1.23. The first-order valence-electron chi connectivity index (χ1n) is 6.68. The highest BCUT2D eigenvalue weighted by Gasteiger charge is 2.31. The Labute approximate surface area is 112 Å². The molecule has 0 radical (unpaired) electrons. The first-order chi connectivity index (χ1) is 9.07. The molecule has 2 N–H and O–H groups in total. The Morgan fingerprint density at radius 3 is 2.89 bits per heavy atom. The molecule has 2 rings (SSSR count). The van der Waals surface area contributed by atoms with E-state index in [1.807, 2.05) is 13.0 Å². The van der Waals surface area contributed by atoms with E-state index in [9.17, 15) is 9.90 Å². The fourth-order valence-electron chi connectivity index (χ4n) is 2.38. The maximum Gasteiger partial charge on any atom is 0.240 e. The predicted molar refractivity (Wildman–Crippen MR) is 71.8 cm³/mol. The zero-order chi connectivity index (χ0) is 13.7. The van der Waals surface area contributed by atoms with Gasteiger partial charge in [-0.25, -0.2) is 5.43 Å². The maximum atomic E-state index is 11.6. The number of carbonyl (C=O) groups excluding carboxylic acids is 1. The molecule has 1 amide bonds. The molecule has 1 saturated carbocycles. The molecule has 19 heavy (non-hydrogen) atoms. The lowest BCUT2D eigenvalue weighted by Crippen LogP contribution is -2.27. The molecule has 1 aliphatic rings. The van der Waals surface area contributed by atoms with Gasteiger partial charge in [0.15, 0.2) is 0 Å². The van der Waals surface area contributed by atoms with Gasteiger partial charge in [0.25, 0.3) is 0 Å². The maximum absolute atomic E-state index is 11.6. The molecule has 0 bridgehead atoms. The van der Waals surface area contributed by atoms with Gasteiger partial charge in [-0.3, -0.25) is 4.79 Å². The van der Waals surface area contributed by atoms with Gasteiger partial charge in [-0.2, -0.15) is 5.10 Å². The minimum absolute atomic E-state index is 0.181. The van der Waals surface area contributed by atoms with Gasteiger partial charge in [-0.1, -0.05) is 12.8 Å². The molecule has 0 atom stereocenters. The Kier molecular flexibility index (Phi) is 4.37. The van der Waals surface area contributed by atoms with Gasteiger partial charge in [0.1, 0.15) is 11.5 Å². The highest BCUT2D eigenvalue weighted by molar-refractivity contribution is 5.80. The Hall–Kier alpha value is -1.62. The molecule has 1 fully saturated rings. The Bertz CT molecular complexity index is 459. The van der Waals surface area contributed by atoms with E-state index in [-0.39, 0.29) is 5.91 Å². The standard InChI is InChI=1S/C14H20N2O3/c1-11-4-5-12(19-11)10-15-16-13(17)6-9-14(18)7-2-3-8-14/h4-5,10,18H,2-3,6-9H2,1H3,(H,16,17)/b15-10-. The molecular formula is C14H20N2O3. The third-order valence-corrected chi connectivity index (χ3v) is 3.49. The van der Waals surface area contributed by atoms with Crippen LogP contribution in [-0.4, -0.2) is 22.8 Å². The molecule has 0 unspecified atom stereocenters. The fraction of sp³-hybridized carbons (Fsp3) is 0.571. The van der Waals surface area contributed by atoms with Crippen molar-refractivity contribution in [3.63, 3.8) is 0 Å². The lowest BCUT2D eigenvalue weighted by atomic mass is 9.96. The van der Waals surface area contributed by atoms with Gasteiger partial charge in [0, 0.05) is 6.42 Å². The number of hydrogen-bond donors (Lipinski definition) is 2. The molecule has 1 aromatic heterocycles. The number of carbonyl (C=O) groups is 1. The average Bonchev–Trinajstić information content (AvgIpc) is 2.97. The molecule has 5 heteroatoms. The number of hydrogen-bond acceptors (Lipinski definition) is 4. The third-order valence-electron chi connectivity index (χ3n) is 3.49. The van der Waals surface area contributed by atoms with E-state index in [0.29, 0.717) is 18.6 Å². The van der Waals surface area contributed by atoms with Crippen LogP contribution in [0.25, 0.3) is 0 Å². The van der Waals surface area contributed by atoms with Crippen molar-refractivity contribution in [2.45, 2.75) is 51.0 Å². The van der Waals surface area contributed by atoms with Gasteiger partial charge in [0.05, 0.1) is 11.8 Å². The third kappa shape index (κ3) is 4.21. The van der Waals surface area contributed by atoms with Gasteiger partial charge in [-0.05, 0) is 38.3 Å². The number of amides is 1. The second-order valence-corrected chi connectivity index (χ2v) is 5.17. The van der Waals surface area contributed by atoms with Gasteiger partial charge >= 0.3 is 0 Å². The molecule has 0 saturated heterocycles. The van der Waals surface area contributed by atoms with Crippen LogP contribution in [0, 0.1) is 6.92 Å². The van der Waals surface area contributed by atoms with Crippen molar-refractivity contribution in [3.8, 4) is 0 Å². The average molecular weight is 264 g/mol. The number of nitrogens with one attached hydrogen (secondary N) is 1. The summed E-state index contributed by atoms with van der Waals surface area (Å²) in [5, 5.41) is 13.9. The summed E-state index contributed by atoms with van der Waals surface area (Å²) < 4.78 is 5.28. The van der Waals surface area contributed by atoms with Crippen LogP contribution in [0.3, 0.4) is 0 Å². The zero-order valence-electron chi connectivity index (χ0n) is 11.2. The fourth-order valence-corrected chi connectivity index (χ4v) is 2.38. The highest BCUT2D eigenvalue weighted by Crippen LogP contribution is 2.33. The number of aliphatic hydroxyl groups is 1. The predicted octanol–water partition coefficient (Wildman–Crippen LogP) is 2.12. The largest absolute Gasteiger partial charge is 0.460 e. The SMILES string of the molecule is Cc1ccc(/C=N\NC(=O)CCC2(O)CCCC2)o1. The molecule has 0 aromatic carbocycles. The van der Waals surface area contributed by atoms with Crippen molar-refractivity contribution < 1.29 is 14.3 Å². The van der Waals surface area contributed by atoms with E-state index in [4.69, 9.17) is 4.42 Å². The Balaban J connectivity index is 1.71. The van der Waals surface area contributed by atoms with E-state index in [1.54, 1.807) is 6.07 Å². The van der Waals surface area contributed by atoms with Crippen LogP contribution in [0.15, 0.2) is 21.7 Å². The number of rotatable bonds is 5. The summed E-state index contributed by atoms with van der Waals surface area (Å²) in [6, 6.07) is 3.62. The van der Waals surface area contributed by atoms with Gasteiger partial charge < -0.3 is 9.52 Å².